The lowest BCUT2D eigenvalue weighted by atomic mass is 10.0. The first-order chi connectivity index (χ1) is 13.7. The second-order valence-corrected chi connectivity index (χ2v) is 6.45. The quantitative estimate of drug-likeness (QED) is 0.542. The lowest BCUT2D eigenvalue weighted by Crippen LogP contribution is -2.26. The molecule has 1 amide bonds. The Morgan fingerprint density at radius 2 is 1.89 bits per heavy atom. The summed E-state index contributed by atoms with van der Waals surface area (Å²) in [5, 5.41) is 5.13. The molecule has 0 saturated heterocycles. The van der Waals surface area contributed by atoms with Crippen LogP contribution >= 0.6 is 0 Å². The van der Waals surface area contributed by atoms with E-state index in [-0.39, 0.29) is 5.91 Å². The normalized spacial score (nSPS) is 10.8. The standard InChI is InChI=1S/C23H20N2O3/c1-27-20-8-4-5-16(13-20)11-12-24-23(26)21-22(28-15-25-21)19-10-9-17-6-2-3-7-18(17)14-19/h2-10,13-15H,11-12H2,1H3,(H,24,26). The number of carbonyl (C=O) groups excluding carboxylic acids is 1. The number of nitrogens with zero attached hydrogens (tertiary/aromatic N) is 1. The van der Waals surface area contributed by atoms with Crippen LogP contribution in [0.25, 0.3) is 22.1 Å². The van der Waals surface area contributed by atoms with Gasteiger partial charge in [0.2, 0.25) is 0 Å². The minimum absolute atomic E-state index is 0.250. The lowest BCUT2D eigenvalue weighted by Gasteiger charge is -2.07. The molecule has 140 valence electrons. The predicted molar refractivity (Wildman–Crippen MR) is 108 cm³/mol. The third-order valence-electron chi connectivity index (χ3n) is 4.63. The molecule has 5 nitrogen and oxygen atoms in total. The minimum Gasteiger partial charge on any atom is -0.497 e. The number of benzene rings is 3. The first-order valence-corrected chi connectivity index (χ1v) is 9.08. The van der Waals surface area contributed by atoms with Gasteiger partial charge in [-0.3, -0.25) is 4.79 Å². The summed E-state index contributed by atoms with van der Waals surface area (Å²) in [7, 11) is 1.64. The van der Waals surface area contributed by atoms with Gasteiger partial charge in [0.05, 0.1) is 7.11 Å². The molecule has 0 fully saturated rings. The average molecular weight is 372 g/mol. The molecule has 0 spiro atoms. The van der Waals surface area contributed by atoms with E-state index < -0.39 is 0 Å². The summed E-state index contributed by atoms with van der Waals surface area (Å²) in [6.45, 7) is 0.496. The molecule has 0 unspecified atom stereocenters. The molecular weight excluding hydrogens is 352 g/mol. The van der Waals surface area contributed by atoms with E-state index in [0.717, 1.165) is 27.6 Å². The molecule has 1 N–H and O–H groups in total. The van der Waals surface area contributed by atoms with Crippen molar-refractivity contribution >= 4 is 16.7 Å². The number of oxazole rings is 1. The van der Waals surface area contributed by atoms with Gasteiger partial charge < -0.3 is 14.5 Å². The third-order valence-corrected chi connectivity index (χ3v) is 4.63. The van der Waals surface area contributed by atoms with Gasteiger partial charge >= 0.3 is 0 Å². The molecule has 28 heavy (non-hydrogen) atoms. The summed E-state index contributed by atoms with van der Waals surface area (Å²) in [5.74, 6) is 1.03. The summed E-state index contributed by atoms with van der Waals surface area (Å²) < 4.78 is 10.8. The Morgan fingerprint density at radius 3 is 2.75 bits per heavy atom. The Kier molecular flexibility index (Phi) is 5.06. The summed E-state index contributed by atoms with van der Waals surface area (Å²) in [6.07, 6.45) is 2.01. The first-order valence-electron chi connectivity index (χ1n) is 9.08. The molecule has 4 aromatic rings. The van der Waals surface area contributed by atoms with E-state index >= 15 is 0 Å². The Labute approximate surface area is 163 Å². The highest BCUT2D eigenvalue weighted by Gasteiger charge is 2.18. The molecule has 5 heteroatoms. The largest absolute Gasteiger partial charge is 0.497 e. The Hall–Kier alpha value is -3.60. The number of nitrogens with one attached hydrogen (secondary N) is 1. The summed E-state index contributed by atoms with van der Waals surface area (Å²) >= 11 is 0. The van der Waals surface area contributed by atoms with Crippen LogP contribution < -0.4 is 10.1 Å². The van der Waals surface area contributed by atoms with Gasteiger partial charge in [-0.2, -0.15) is 0 Å². The molecule has 0 aliphatic carbocycles. The predicted octanol–water partition coefficient (Wildman–Crippen LogP) is 4.48. The SMILES string of the molecule is COc1cccc(CCNC(=O)c2ncoc2-c2ccc3ccccc3c2)c1. The van der Waals surface area contributed by atoms with Crippen LogP contribution in [0, 0.1) is 0 Å². The molecule has 1 heterocycles. The van der Waals surface area contributed by atoms with E-state index in [0.29, 0.717) is 24.4 Å². The number of hydrogen-bond donors (Lipinski definition) is 1. The number of amides is 1. The monoisotopic (exact) mass is 372 g/mol. The number of carbonyl (C=O) groups is 1. The van der Waals surface area contributed by atoms with Gasteiger partial charge in [-0.05, 0) is 41.0 Å². The Balaban J connectivity index is 1.47. The zero-order valence-corrected chi connectivity index (χ0v) is 15.5. The van der Waals surface area contributed by atoms with Crippen molar-refractivity contribution < 1.29 is 13.9 Å². The summed E-state index contributed by atoms with van der Waals surface area (Å²) in [6, 6.07) is 21.8. The van der Waals surface area contributed by atoms with Crippen molar-refractivity contribution in [2.75, 3.05) is 13.7 Å². The molecule has 0 atom stereocenters. The van der Waals surface area contributed by atoms with Gasteiger partial charge in [-0.1, -0.05) is 48.5 Å². The maximum Gasteiger partial charge on any atom is 0.273 e. The Bertz CT molecular complexity index is 1120. The fourth-order valence-electron chi connectivity index (χ4n) is 3.18. The fraction of sp³-hybridized carbons (Fsp3) is 0.130. The van der Waals surface area contributed by atoms with Crippen molar-refractivity contribution in [2.45, 2.75) is 6.42 Å². The lowest BCUT2D eigenvalue weighted by molar-refractivity contribution is 0.0950. The van der Waals surface area contributed by atoms with E-state index in [2.05, 4.69) is 10.3 Å². The van der Waals surface area contributed by atoms with Crippen LogP contribution in [0.4, 0.5) is 0 Å². The third kappa shape index (κ3) is 3.74. The van der Waals surface area contributed by atoms with Crippen LogP contribution in [0.2, 0.25) is 0 Å². The first kappa shape index (κ1) is 17.8. The molecule has 0 bridgehead atoms. The maximum absolute atomic E-state index is 12.6. The number of methoxy groups -OCH3 is 1. The molecule has 0 aliphatic heterocycles. The van der Waals surface area contributed by atoms with Crippen LogP contribution in [0.15, 0.2) is 77.5 Å². The van der Waals surface area contributed by atoms with Crippen molar-refractivity contribution in [3.05, 3.63) is 84.4 Å². The van der Waals surface area contributed by atoms with E-state index in [1.165, 1.54) is 6.39 Å². The van der Waals surface area contributed by atoms with Gasteiger partial charge in [0.1, 0.15) is 5.75 Å². The zero-order valence-electron chi connectivity index (χ0n) is 15.5. The molecule has 0 aliphatic rings. The molecule has 0 radical (unpaired) electrons. The van der Waals surface area contributed by atoms with E-state index in [1.807, 2.05) is 66.7 Å². The molecule has 4 rings (SSSR count). The molecular formula is C23H20N2O3. The van der Waals surface area contributed by atoms with Crippen LogP contribution in [0.1, 0.15) is 16.1 Å². The number of ether oxygens (including phenoxy) is 1. The van der Waals surface area contributed by atoms with E-state index in [9.17, 15) is 4.79 Å². The second kappa shape index (κ2) is 7.96. The van der Waals surface area contributed by atoms with Crippen molar-refractivity contribution in [2.24, 2.45) is 0 Å². The van der Waals surface area contributed by atoms with E-state index in [1.54, 1.807) is 7.11 Å². The van der Waals surface area contributed by atoms with Crippen LogP contribution in [0.3, 0.4) is 0 Å². The summed E-state index contributed by atoms with van der Waals surface area (Å²) in [5.41, 5.74) is 2.21. The van der Waals surface area contributed by atoms with Gasteiger partial charge in [-0.15, -0.1) is 0 Å². The number of fused-ring (bicyclic) bond motifs is 1. The molecule has 3 aromatic carbocycles. The van der Waals surface area contributed by atoms with Gasteiger partial charge in [0, 0.05) is 12.1 Å². The van der Waals surface area contributed by atoms with Gasteiger partial charge in [-0.25, -0.2) is 4.98 Å². The molecule has 0 saturated carbocycles. The van der Waals surface area contributed by atoms with Crippen LogP contribution in [0.5, 0.6) is 5.75 Å². The summed E-state index contributed by atoms with van der Waals surface area (Å²) in [4.78, 5) is 16.7. The van der Waals surface area contributed by atoms with Crippen LogP contribution in [-0.2, 0) is 6.42 Å². The second-order valence-electron chi connectivity index (χ2n) is 6.45. The maximum atomic E-state index is 12.6. The van der Waals surface area contributed by atoms with Crippen molar-refractivity contribution in [3.63, 3.8) is 0 Å². The highest BCUT2D eigenvalue weighted by atomic mass is 16.5. The van der Waals surface area contributed by atoms with Gasteiger partial charge in [0.25, 0.3) is 5.91 Å². The topological polar surface area (TPSA) is 64.4 Å². The van der Waals surface area contributed by atoms with Crippen LogP contribution in [-0.4, -0.2) is 24.5 Å². The van der Waals surface area contributed by atoms with Gasteiger partial charge in [0.15, 0.2) is 17.8 Å². The smallest absolute Gasteiger partial charge is 0.273 e. The molecule has 1 aromatic heterocycles. The number of aromatic nitrogens is 1. The van der Waals surface area contributed by atoms with Crippen molar-refractivity contribution in [1.29, 1.82) is 0 Å². The highest BCUT2D eigenvalue weighted by Crippen LogP contribution is 2.27. The Morgan fingerprint density at radius 1 is 1.04 bits per heavy atom. The van der Waals surface area contributed by atoms with Crippen molar-refractivity contribution in [3.8, 4) is 17.1 Å². The average Bonchev–Trinajstić information content (AvgIpc) is 3.23. The number of rotatable bonds is 6. The fourth-order valence-corrected chi connectivity index (χ4v) is 3.18. The highest BCUT2D eigenvalue weighted by molar-refractivity contribution is 5.98. The zero-order chi connectivity index (χ0) is 19.3. The van der Waals surface area contributed by atoms with E-state index in [4.69, 9.17) is 9.15 Å². The minimum atomic E-state index is -0.250. The van der Waals surface area contributed by atoms with Crippen molar-refractivity contribution in [1.82, 2.24) is 10.3 Å². The number of hydrogen-bond acceptors (Lipinski definition) is 4.